The molecular formula is C11H14ClF4NO. The fourth-order valence-electron chi connectivity index (χ4n) is 1.40. The number of ether oxygens (including phenoxy) is 1. The van der Waals surface area contributed by atoms with Gasteiger partial charge in [-0.3, -0.25) is 4.39 Å². The van der Waals surface area contributed by atoms with Crippen molar-refractivity contribution in [1.82, 2.24) is 0 Å². The fourth-order valence-corrected chi connectivity index (χ4v) is 1.40. The first-order chi connectivity index (χ1) is 7.88. The fraction of sp³-hybridized carbons (Fsp3) is 0.455. The number of benzene rings is 1. The molecule has 1 aromatic carbocycles. The van der Waals surface area contributed by atoms with Crippen LogP contribution in [0.2, 0.25) is 0 Å². The highest BCUT2D eigenvalue weighted by Crippen LogP contribution is 2.34. The highest BCUT2D eigenvalue weighted by molar-refractivity contribution is 5.85. The summed E-state index contributed by atoms with van der Waals surface area (Å²) in [5.41, 5.74) is 4.95. The lowest BCUT2D eigenvalue weighted by Crippen LogP contribution is -2.13. The van der Waals surface area contributed by atoms with Gasteiger partial charge in [-0.1, -0.05) is 0 Å². The minimum Gasteiger partial charge on any atom is -0.497 e. The number of halogens is 5. The summed E-state index contributed by atoms with van der Waals surface area (Å²) < 4.78 is 54.6. The van der Waals surface area contributed by atoms with Gasteiger partial charge in [-0.25, -0.2) is 0 Å². The SMILES string of the molecule is COc1cc([C@H](N)CCF)cc(C(F)(F)F)c1.Cl. The molecule has 2 N–H and O–H groups in total. The molecule has 0 aromatic heterocycles. The van der Waals surface area contributed by atoms with E-state index >= 15 is 0 Å². The average molecular weight is 288 g/mol. The van der Waals surface area contributed by atoms with Crippen molar-refractivity contribution in [2.45, 2.75) is 18.6 Å². The van der Waals surface area contributed by atoms with Crippen LogP contribution in [-0.4, -0.2) is 13.8 Å². The Morgan fingerprint density at radius 3 is 2.33 bits per heavy atom. The van der Waals surface area contributed by atoms with E-state index in [0.29, 0.717) is 0 Å². The van der Waals surface area contributed by atoms with E-state index in [9.17, 15) is 17.6 Å². The highest BCUT2D eigenvalue weighted by atomic mass is 35.5. The van der Waals surface area contributed by atoms with Crippen LogP contribution in [-0.2, 0) is 6.18 Å². The molecule has 7 heteroatoms. The largest absolute Gasteiger partial charge is 0.497 e. The Morgan fingerprint density at radius 2 is 1.89 bits per heavy atom. The van der Waals surface area contributed by atoms with Gasteiger partial charge in [0.1, 0.15) is 5.75 Å². The van der Waals surface area contributed by atoms with Crippen molar-refractivity contribution in [3.63, 3.8) is 0 Å². The molecule has 0 spiro atoms. The molecule has 0 aliphatic heterocycles. The zero-order valence-corrected chi connectivity index (χ0v) is 10.4. The van der Waals surface area contributed by atoms with Gasteiger partial charge in [0.25, 0.3) is 0 Å². The Hall–Kier alpha value is -1.01. The molecule has 1 atom stereocenters. The van der Waals surface area contributed by atoms with Crippen LogP contribution in [0.5, 0.6) is 5.75 Å². The van der Waals surface area contributed by atoms with Gasteiger partial charge in [0.15, 0.2) is 0 Å². The van der Waals surface area contributed by atoms with Crippen LogP contribution in [0.4, 0.5) is 17.6 Å². The van der Waals surface area contributed by atoms with Gasteiger partial charge < -0.3 is 10.5 Å². The quantitative estimate of drug-likeness (QED) is 0.860. The molecule has 0 aliphatic rings. The van der Waals surface area contributed by atoms with Crippen molar-refractivity contribution in [2.75, 3.05) is 13.8 Å². The lowest BCUT2D eigenvalue weighted by molar-refractivity contribution is -0.137. The van der Waals surface area contributed by atoms with Crippen molar-refractivity contribution in [2.24, 2.45) is 5.73 Å². The monoisotopic (exact) mass is 287 g/mol. The lowest BCUT2D eigenvalue weighted by atomic mass is 10.0. The molecule has 0 saturated heterocycles. The molecule has 0 fully saturated rings. The first kappa shape index (κ1) is 17.0. The van der Waals surface area contributed by atoms with Crippen LogP contribution in [0.25, 0.3) is 0 Å². The topological polar surface area (TPSA) is 35.2 Å². The summed E-state index contributed by atoms with van der Waals surface area (Å²) in [6, 6.07) is 2.42. The molecule has 0 amide bonds. The molecular weight excluding hydrogens is 274 g/mol. The summed E-state index contributed by atoms with van der Waals surface area (Å²) in [6.45, 7) is -0.681. The molecule has 0 aliphatic carbocycles. The van der Waals surface area contributed by atoms with E-state index in [2.05, 4.69) is 0 Å². The Labute approximate surface area is 109 Å². The zero-order valence-electron chi connectivity index (χ0n) is 9.63. The zero-order chi connectivity index (χ0) is 13.1. The minimum atomic E-state index is -4.47. The van der Waals surface area contributed by atoms with Crippen LogP contribution in [0, 0.1) is 0 Å². The van der Waals surface area contributed by atoms with Gasteiger partial charge in [0.05, 0.1) is 19.3 Å². The number of rotatable bonds is 4. The second-order valence-electron chi connectivity index (χ2n) is 3.58. The van der Waals surface area contributed by atoms with Crippen molar-refractivity contribution >= 4 is 12.4 Å². The van der Waals surface area contributed by atoms with E-state index < -0.39 is 24.5 Å². The van der Waals surface area contributed by atoms with Crippen LogP contribution in [0.15, 0.2) is 18.2 Å². The molecule has 0 heterocycles. The maximum absolute atomic E-state index is 12.6. The Balaban J connectivity index is 0.00000289. The Bertz CT molecular complexity index is 384. The molecule has 1 rings (SSSR count). The maximum atomic E-state index is 12.6. The Kier molecular flexibility index (Phi) is 6.42. The van der Waals surface area contributed by atoms with E-state index in [4.69, 9.17) is 10.5 Å². The van der Waals surface area contributed by atoms with Crippen LogP contribution >= 0.6 is 12.4 Å². The van der Waals surface area contributed by atoms with Crippen molar-refractivity contribution in [3.05, 3.63) is 29.3 Å². The first-order valence-corrected chi connectivity index (χ1v) is 4.96. The van der Waals surface area contributed by atoms with Gasteiger partial charge in [-0.2, -0.15) is 13.2 Å². The van der Waals surface area contributed by atoms with Gasteiger partial charge in [-0.05, 0) is 30.2 Å². The number of hydrogen-bond donors (Lipinski definition) is 1. The van der Waals surface area contributed by atoms with E-state index in [-0.39, 0.29) is 30.1 Å². The average Bonchev–Trinajstić information content (AvgIpc) is 2.27. The molecule has 0 saturated carbocycles. The molecule has 0 unspecified atom stereocenters. The maximum Gasteiger partial charge on any atom is 0.416 e. The van der Waals surface area contributed by atoms with E-state index in [0.717, 1.165) is 12.1 Å². The second-order valence-corrected chi connectivity index (χ2v) is 3.58. The smallest absolute Gasteiger partial charge is 0.416 e. The van der Waals surface area contributed by atoms with E-state index in [1.165, 1.54) is 13.2 Å². The third kappa shape index (κ3) is 4.34. The number of alkyl halides is 4. The molecule has 2 nitrogen and oxygen atoms in total. The van der Waals surface area contributed by atoms with Crippen LogP contribution < -0.4 is 10.5 Å². The van der Waals surface area contributed by atoms with Crippen LogP contribution in [0.3, 0.4) is 0 Å². The third-order valence-electron chi connectivity index (χ3n) is 2.34. The molecule has 18 heavy (non-hydrogen) atoms. The minimum absolute atomic E-state index is 0. The molecule has 0 bridgehead atoms. The summed E-state index contributed by atoms with van der Waals surface area (Å²) >= 11 is 0. The van der Waals surface area contributed by atoms with E-state index in [1.807, 2.05) is 0 Å². The summed E-state index contributed by atoms with van der Waals surface area (Å²) in [5.74, 6) is 0.0594. The summed E-state index contributed by atoms with van der Waals surface area (Å²) in [4.78, 5) is 0. The van der Waals surface area contributed by atoms with Gasteiger partial charge in [0.2, 0.25) is 0 Å². The highest BCUT2D eigenvalue weighted by Gasteiger charge is 2.31. The standard InChI is InChI=1S/C11H13F4NO.ClH/c1-17-9-5-7(10(16)2-3-12)4-8(6-9)11(13,14)15;/h4-6,10H,2-3,16H2,1H3;1H/t10-;/m1./s1. The third-order valence-corrected chi connectivity index (χ3v) is 2.34. The molecule has 104 valence electrons. The summed E-state index contributed by atoms with van der Waals surface area (Å²) in [5, 5.41) is 0. The van der Waals surface area contributed by atoms with Gasteiger partial charge in [0, 0.05) is 6.04 Å². The predicted molar refractivity (Wildman–Crippen MR) is 62.8 cm³/mol. The summed E-state index contributed by atoms with van der Waals surface area (Å²) in [6.07, 6.45) is -4.50. The number of hydrogen-bond acceptors (Lipinski definition) is 2. The Morgan fingerprint density at radius 1 is 1.28 bits per heavy atom. The number of nitrogens with two attached hydrogens (primary N) is 1. The lowest BCUT2D eigenvalue weighted by Gasteiger charge is -2.15. The molecule has 1 aromatic rings. The van der Waals surface area contributed by atoms with Gasteiger partial charge in [-0.15, -0.1) is 12.4 Å². The predicted octanol–water partition coefficient (Wildman–Crippen LogP) is 3.50. The van der Waals surface area contributed by atoms with E-state index in [1.54, 1.807) is 0 Å². The summed E-state index contributed by atoms with van der Waals surface area (Å²) in [7, 11) is 1.26. The normalized spacial score (nSPS) is 12.8. The number of methoxy groups -OCH3 is 1. The second kappa shape index (κ2) is 6.80. The van der Waals surface area contributed by atoms with Crippen molar-refractivity contribution < 1.29 is 22.3 Å². The van der Waals surface area contributed by atoms with Crippen molar-refractivity contribution in [3.8, 4) is 5.75 Å². The van der Waals surface area contributed by atoms with Crippen molar-refractivity contribution in [1.29, 1.82) is 0 Å². The van der Waals surface area contributed by atoms with Gasteiger partial charge >= 0.3 is 6.18 Å². The van der Waals surface area contributed by atoms with Crippen LogP contribution in [0.1, 0.15) is 23.6 Å². The first-order valence-electron chi connectivity index (χ1n) is 4.96. The molecule has 0 radical (unpaired) electrons.